The van der Waals surface area contributed by atoms with Crippen LogP contribution in [-0.4, -0.2) is 14.7 Å². The van der Waals surface area contributed by atoms with E-state index in [9.17, 15) is 5.11 Å². The molecule has 2 heterocycles. The number of fused-ring (bicyclic) bond motifs is 1. The van der Waals surface area contributed by atoms with Crippen LogP contribution in [0.2, 0.25) is 0 Å². The van der Waals surface area contributed by atoms with Crippen molar-refractivity contribution in [3.63, 3.8) is 0 Å². The minimum absolute atomic E-state index is 0.240. The Bertz CT molecular complexity index is 808. The fourth-order valence-electron chi connectivity index (χ4n) is 2.68. The maximum Gasteiger partial charge on any atom is 0.144 e. The topological polar surface area (TPSA) is 47.3 Å². The number of ether oxygens (including phenoxy) is 1. The number of rotatable bonds is 2. The highest BCUT2D eigenvalue weighted by Gasteiger charge is 2.14. The molecule has 1 N–H and O–H groups in total. The highest BCUT2D eigenvalue weighted by atomic mass is 16.5. The van der Waals surface area contributed by atoms with Crippen molar-refractivity contribution in [1.82, 2.24) is 9.55 Å². The Hall–Kier alpha value is -2.59. The van der Waals surface area contributed by atoms with E-state index in [2.05, 4.69) is 23.2 Å². The van der Waals surface area contributed by atoms with Crippen LogP contribution >= 0.6 is 0 Å². The third-order valence-corrected chi connectivity index (χ3v) is 3.73. The van der Waals surface area contributed by atoms with Crippen LogP contribution in [0.5, 0.6) is 5.75 Å². The molecule has 4 nitrogen and oxygen atoms in total. The Morgan fingerprint density at radius 1 is 1.05 bits per heavy atom. The van der Waals surface area contributed by atoms with Gasteiger partial charge in [0.15, 0.2) is 0 Å². The van der Waals surface area contributed by atoms with Gasteiger partial charge in [-0.05, 0) is 35.4 Å². The Morgan fingerprint density at radius 3 is 2.86 bits per heavy atom. The summed E-state index contributed by atoms with van der Waals surface area (Å²) in [5.74, 6) is 1.05. The van der Waals surface area contributed by atoms with E-state index in [0.717, 1.165) is 17.1 Å². The van der Waals surface area contributed by atoms with Crippen molar-refractivity contribution in [3.05, 3.63) is 66.0 Å². The van der Waals surface area contributed by atoms with E-state index in [4.69, 9.17) is 4.74 Å². The Kier molecular flexibility index (Phi) is 2.75. The number of hydrogen-bond donors (Lipinski definition) is 1. The molecular weight excluding hydrogens is 264 g/mol. The Balaban J connectivity index is 1.82. The maximum absolute atomic E-state index is 9.65. The van der Waals surface area contributed by atoms with E-state index in [-0.39, 0.29) is 5.75 Å². The van der Waals surface area contributed by atoms with Gasteiger partial charge in [-0.2, -0.15) is 0 Å². The molecule has 4 rings (SSSR count). The van der Waals surface area contributed by atoms with Gasteiger partial charge in [0, 0.05) is 23.6 Å². The Morgan fingerprint density at radius 2 is 1.95 bits per heavy atom. The predicted molar refractivity (Wildman–Crippen MR) is 79.2 cm³/mol. The summed E-state index contributed by atoms with van der Waals surface area (Å²) >= 11 is 0. The normalized spacial score (nSPS) is 13.3. The average Bonchev–Trinajstić information content (AvgIpc) is 3.15. The molecule has 0 radical (unpaired) electrons. The molecule has 0 aliphatic carbocycles. The third-order valence-electron chi connectivity index (χ3n) is 3.73. The van der Waals surface area contributed by atoms with Gasteiger partial charge in [-0.1, -0.05) is 18.2 Å². The van der Waals surface area contributed by atoms with Gasteiger partial charge >= 0.3 is 0 Å². The first-order chi connectivity index (χ1) is 10.3. The molecular formula is C17H14N2O2. The molecule has 0 bridgehead atoms. The fourth-order valence-corrected chi connectivity index (χ4v) is 2.68. The predicted octanol–water partition coefficient (Wildman–Crippen LogP) is 3.28. The molecule has 104 valence electrons. The van der Waals surface area contributed by atoms with E-state index in [0.29, 0.717) is 13.2 Å². The molecule has 0 fully saturated rings. The van der Waals surface area contributed by atoms with Crippen molar-refractivity contribution in [2.45, 2.75) is 13.2 Å². The zero-order valence-corrected chi connectivity index (χ0v) is 11.4. The Labute approximate surface area is 122 Å². The minimum Gasteiger partial charge on any atom is -0.508 e. The van der Waals surface area contributed by atoms with Gasteiger partial charge < -0.3 is 9.84 Å². The molecule has 0 atom stereocenters. The lowest BCUT2D eigenvalue weighted by atomic mass is 10.1. The molecule has 0 saturated carbocycles. The molecule has 1 aromatic heterocycles. The van der Waals surface area contributed by atoms with Crippen LogP contribution < -0.4 is 0 Å². The number of imidazole rings is 1. The van der Waals surface area contributed by atoms with E-state index < -0.39 is 0 Å². The highest BCUT2D eigenvalue weighted by Crippen LogP contribution is 2.27. The molecule has 0 unspecified atom stereocenters. The van der Waals surface area contributed by atoms with Crippen LogP contribution in [0.15, 0.2) is 54.9 Å². The van der Waals surface area contributed by atoms with Gasteiger partial charge in [-0.3, -0.25) is 4.57 Å². The van der Waals surface area contributed by atoms with E-state index in [1.165, 1.54) is 11.1 Å². The first-order valence-corrected chi connectivity index (χ1v) is 6.84. The fraction of sp³-hybridized carbons (Fsp3) is 0.118. The van der Waals surface area contributed by atoms with Crippen LogP contribution in [-0.2, 0) is 18.0 Å². The van der Waals surface area contributed by atoms with Crippen molar-refractivity contribution >= 4 is 0 Å². The van der Waals surface area contributed by atoms with Crippen LogP contribution in [0.1, 0.15) is 11.1 Å². The van der Waals surface area contributed by atoms with Crippen LogP contribution in [0.25, 0.3) is 17.1 Å². The van der Waals surface area contributed by atoms with E-state index in [1.807, 2.05) is 22.9 Å². The summed E-state index contributed by atoms with van der Waals surface area (Å²) in [6, 6.07) is 13.4. The number of benzene rings is 2. The monoisotopic (exact) mass is 278 g/mol. The summed E-state index contributed by atoms with van der Waals surface area (Å²) in [5.41, 5.74) is 4.41. The lowest BCUT2D eigenvalue weighted by molar-refractivity contribution is 0.134. The molecule has 1 aliphatic rings. The van der Waals surface area contributed by atoms with Gasteiger partial charge in [0.25, 0.3) is 0 Å². The molecule has 0 saturated heterocycles. The number of hydrogen-bond acceptors (Lipinski definition) is 3. The summed E-state index contributed by atoms with van der Waals surface area (Å²) in [7, 11) is 0. The standard InChI is InChI=1S/C17H14N2O2/c20-16-3-1-2-12(9-16)17-18-6-7-19(17)15-5-4-13-10-21-11-14(13)8-15/h1-9,20H,10-11H2. The zero-order valence-electron chi connectivity index (χ0n) is 11.4. The van der Waals surface area contributed by atoms with Crippen LogP contribution in [0.4, 0.5) is 0 Å². The van der Waals surface area contributed by atoms with E-state index >= 15 is 0 Å². The highest BCUT2D eigenvalue weighted by molar-refractivity contribution is 5.61. The number of aromatic nitrogens is 2. The molecule has 0 spiro atoms. The van der Waals surface area contributed by atoms with Gasteiger partial charge in [-0.15, -0.1) is 0 Å². The summed E-state index contributed by atoms with van der Waals surface area (Å²) in [6.45, 7) is 1.36. The number of phenolic OH excluding ortho intramolecular Hbond substituents is 1. The lowest BCUT2D eigenvalue weighted by Crippen LogP contribution is -1.97. The smallest absolute Gasteiger partial charge is 0.144 e. The second-order valence-corrected chi connectivity index (χ2v) is 5.12. The van der Waals surface area contributed by atoms with Gasteiger partial charge in [0.05, 0.1) is 13.2 Å². The third kappa shape index (κ3) is 2.10. The van der Waals surface area contributed by atoms with Crippen molar-refractivity contribution in [2.75, 3.05) is 0 Å². The minimum atomic E-state index is 0.240. The average molecular weight is 278 g/mol. The molecule has 4 heteroatoms. The summed E-state index contributed by atoms with van der Waals surface area (Å²) < 4.78 is 7.48. The first kappa shape index (κ1) is 12.2. The second kappa shape index (κ2) is 4.75. The van der Waals surface area contributed by atoms with Gasteiger partial charge in [0.1, 0.15) is 11.6 Å². The maximum atomic E-state index is 9.65. The quantitative estimate of drug-likeness (QED) is 0.782. The van der Waals surface area contributed by atoms with Crippen LogP contribution in [0.3, 0.4) is 0 Å². The summed E-state index contributed by atoms with van der Waals surface area (Å²) in [6.07, 6.45) is 3.69. The van der Waals surface area contributed by atoms with E-state index in [1.54, 1.807) is 18.3 Å². The first-order valence-electron chi connectivity index (χ1n) is 6.84. The van der Waals surface area contributed by atoms with Crippen LogP contribution in [0, 0.1) is 0 Å². The second-order valence-electron chi connectivity index (χ2n) is 5.12. The zero-order chi connectivity index (χ0) is 14.2. The lowest BCUT2D eigenvalue weighted by Gasteiger charge is -2.09. The molecule has 2 aromatic carbocycles. The number of aromatic hydroxyl groups is 1. The van der Waals surface area contributed by atoms with Crippen molar-refractivity contribution in [1.29, 1.82) is 0 Å². The SMILES string of the molecule is Oc1cccc(-c2nccn2-c2ccc3c(c2)COC3)c1. The summed E-state index contributed by atoms with van der Waals surface area (Å²) in [4.78, 5) is 4.42. The van der Waals surface area contributed by atoms with Crippen molar-refractivity contribution in [3.8, 4) is 22.8 Å². The molecule has 3 aromatic rings. The van der Waals surface area contributed by atoms with Gasteiger partial charge in [0.2, 0.25) is 0 Å². The van der Waals surface area contributed by atoms with Gasteiger partial charge in [-0.25, -0.2) is 4.98 Å². The largest absolute Gasteiger partial charge is 0.508 e. The van der Waals surface area contributed by atoms with Crippen molar-refractivity contribution < 1.29 is 9.84 Å². The molecule has 1 aliphatic heterocycles. The number of nitrogens with zero attached hydrogens (tertiary/aromatic N) is 2. The summed E-state index contributed by atoms with van der Waals surface area (Å²) in [5, 5.41) is 9.65. The molecule has 0 amide bonds. The molecule has 21 heavy (non-hydrogen) atoms. The number of phenols is 1. The van der Waals surface area contributed by atoms with Crippen molar-refractivity contribution in [2.24, 2.45) is 0 Å².